The van der Waals surface area contributed by atoms with Gasteiger partial charge in [0.2, 0.25) is 0 Å². The Kier molecular flexibility index (Phi) is 19.8. The van der Waals surface area contributed by atoms with Gasteiger partial charge in [0.25, 0.3) is 0 Å². The number of hydrogen-bond acceptors (Lipinski definition) is 9. The van der Waals surface area contributed by atoms with Crippen LogP contribution in [0.4, 0.5) is 0 Å². The van der Waals surface area contributed by atoms with Crippen LogP contribution in [0.25, 0.3) is 232 Å². The molecule has 9 nitrogen and oxygen atoms in total. The van der Waals surface area contributed by atoms with Crippen molar-refractivity contribution >= 4 is 97.0 Å². The normalized spacial score (nSPS) is 11.3. The maximum Gasteiger partial charge on any atom is 0.160 e. The molecule has 0 aliphatic carbocycles. The maximum atomic E-state index is 5.23. The molecule has 126 heavy (non-hydrogen) atoms. The summed E-state index contributed by atoms with van der Waals surface area (Å²) in [4.78, 5) is 43.8. The Bertz CT molecular complexity index is 7940. The first kappa shape index (κ1) is 75.2. The summed E-state index contributed by atoms with van der Waals surface area (Å²) in [5.74, 6) is 2.09. The SMILES string of the molecule is c1ccc(-c2cc(-c3cc4ccc5ccccc5c4c4ccccc34)nc(-c3cccc(-c4cccnc4)c3)n2)cc1.c1ccc(-c2cc(-c3cc4ccc5ccccc5c4c4ccccc34)nc(-c3cccc(-c4ccncc4)c3)n2)cc1.c1ccc(-c2nc(-c3ccccc3-c3cccnc3)cc(-c3cc4ccc5ccccc5c4c4ccccc34)n2)cc1. The van der Waals surface area contributed by atoms with Crippen LogP contribution in [-0.2, 0) is 0 Å². The lowest BCUT2D eigenvalue weighted by molar-refractivity contribution is 1.18. The Labute approximate surface area is 727 Å². The molecule has 588 valence electrons. The lowest BCUT2D eigenvalue weighted by Crippen LogP contribution is -1.98. The van der Waals surface area contributed by atoms with Crippen LogP contribution >= 0.6 is 0 Å². The predicted molar refractivity (Wildman–Crippen MR) is 522 cm³/mol. The zero-order valence-corrected chi connectivity index (χ0v) is 68.3. The maximum absolute atomic E-state index is 5.23. The van der Waals surface area contributed by atoms with Gasteiger partial charge >= 0.3 is 0 Å². The molecule has 18 aromatic carbocycles. The van der Waals surface area contributed by atoms with Crippen LogP contribution in [-0.4, -0.2) is 44.9 Å². The molecule has 0 aliphatic heterocycles. The Morgan fingerprint density at radius 1 is 0.135 bits per heavy atom. The Morgan fingerprint density at radius 3 is 0.857 bits per heavy atom. The monoisotopic (exact) mass is 1610 g/mol. The quantitative estimate of drug-likeness (QED) is 0.110. The van der Waals surface area contributed by atoms with E-state index < -0.39 is 0 Å². The smallest absolute Gasteiger partial charge is 0.160 e. The highest BCUT2D eigenvalue weighted by molar-refractivity contribution is 6.26. The van der Waals surface area contributed by atoms with Crippen molar-refractivity contribution < 1.29 is 0 Å². The fraction of sp³-hybridized carbons (Fsp3) is 0. The fourth-order valence-electron chi connectivity index (χ4n) is 17.9. The van der Waals surface area contributed by atoms with Gasteiger partial charge in [-0.1, -0.05) is 346 Å². The summed E-state index contributed by atoms with van der Waals surface area (Å²) in [6.07, 6.45) is 11.0. The van der Waals surface area contributed by atoms with Crippen LogP contribution in [0.15, 0.2) is 456 Å². The van der Waals surface area contributed by atoms with Crippen molar-refractivity contribution in [2.45, 2.75) is 0 Å². The molecule has 0 aliphatic rings. The van der Waals surface area contributed by atoms with Gasteiger partial charge in [-0.2, -0.15) is 0 Å². The summed E-state index contributed by atoms with van der Waals surface area (Å²) in [5, 5.41) is 22.1. The van der Waals surface area contributed by atoms with Gasteiger partial charge in [0.1, 0.15) is 0 Å². The molecule has 0 saturated carbocycles. The highest BCUT2D eigenvalue weighted by Gasteiger charge is 2.22. The van der Waals surface area contributed by atoms with E-state index in [1.807, 2.05) is 79.4 Å². The van der Waals surface area contributed by atoms with Gasteiger partial charge in [0.05, 0.1) is 34.2 Å². The minimum Gasteiger partial charge on any atom is -0.265 e. The molecule has 6 aromatic heterocycles. The standard InChI is InChI=1S/3C39H25N3/c1-2-12-27(13-3-1)39-41-36(33-18-8-6-15-30(33)29-14-10-22-40-25-29)24-37(42-39)35-23-28-21-20-26-11-4-5-16-31(26)38(28)34-19-9-7-17-32(34)35;1-2-11-27(12-3-1)36-24-37(42-39(41-36)30-14-8-13-28(22-30)31-15-9-21-40-25-31)35-23-29-20-19-26-10-4-5-16-32(26)38(29)34-18-7-6-17-33(34)35;1-2-10-28(11-3-1)36-25-37(42-39(41-36)31-13-8-12-29(23-31)26-19-21-40-22-20-26)35-24-30-18-17-27-9-4-5-14-32(27)38(30)34-16-7-6-15-33(34)35/h3*1-25H. The molecular formula is C117H75N9. The minimum absolute atomic E-state index is 0.694. The molecule has 0 unspecified atom stereocenters. The summed E-state index contributed by atoms with van der Waals surface area (Å²) < 4.78 is 0. The highest BCUT2D eigenvalue weighted by atomic mass is 14.9. The van der Waals surface area contributed by atoms with Crippen molar-refractivity contribution in [2.24, 2.45) is 0 Å². The molecule has 0 radical (unpaired) electrons. The molecule has 0 bridgehead atoms. The summed E-state index contributed by atoms with van der Waals surface area (Å²) in [6.45, 7) is 0. The lowest BCUT2D eigenvalue weighted by atomic mass is 9.91. The van der Waals surface area contributed by atoms with Gasteiger partial charge < -0.3 is 0 Å². The number of benzene rings is 18. The van der Waals surface area contributed by atoms with Gasteiger partial charge in [0, 0.05) is 98.4 Å². The number of aromatic nitrogens is 9. The van der Waals surface area contributed by atoms with Crippen LogP contribution in [0.2, 0.25) is 0 Å². The van der Waals surface area contributed by atoms with E-state index in [0.717, 1.165) is 118 Å². The third-order valence-corrected chi connectivity index (χ3v) is 23.8. The first-order valence-electron chi connectivity index (χ1n) is 42.3. The average molecular weight is 1610 g/mol. The highest BCUT2D eigenvalue weighted by Crippen LogP contribution is 2.45. The number of fused-ring (bicyclic) bond motifs is 15. The van der Waals surface area contributed by atoms with Crippen molar-refractivity contribution in [3.63, 3.8) is 0 Å². The second kappa shape index (κ2) is 33.2. The summed E-state index contributed by atoms with van der Waals surface area (Å²) in [7, 11) is 0. The summed E-state index contributed by atoms with van der Waals surface area (Å²) in [6, 6.07) is 147. The third-order valence-electron chi connectivity index (χ3n) is 23.8. The van der Waals surface area contributed by atoms with E-state index in [9.17, 15) is 0 Å². The third kappa shape index (κ3) is 14.6. The van der Waals surface area contributed by atoms with Crippen molar-refractivity contribution in [2.75, 3.05) is 0 Å². The van der Waals surface area contributed by atoms with E-state index in [0.29, 0.717) is 17.5 Å². The molecule has 24 aromatic rings. The Hall–Kier alpha value is -17.0. The average Bonchev–Trinajstić information content (AvgIpc) is 0.746. The van der Waals surface area contributed by atoms with Gasteiger partial charge in [-0.3, -0.25) is 15.0 Å². The zero-order valence-electron chi connectivity index (χ0n) is 68.3. The first-order valence-corrected chi connectivity index (χ1v) is 42.3. The molecule has 24 rings (SSSR count). The van der Waals surface area contributed by atoms with Crippen molar-refractivity contribution in [1.29, 1.82) is 0 Å². The summed E-state index contributed by atoms with van der Waals surface area (Å²) in [5.41, 5.74) is 21.2. The Balaban J connectivity index is 0.000000112. The number of rotatable bonds is 12. The van der Waals surface area contributed by atoms with Crippen molar-refractivity contribution in [3.05, 3.63) is 456 Å². The van der Waals surface area contributed by atoms with Crippen LogP contribution in [0, 0.1) is 0 Å². The largest absolute Gasteiger partial charge is 0.265 e. The van der Waals surface area contributed by atoms with E-state index >= 15 is 0 Å². The van der Waals surface area contributed by atoms with E-state index in [2.05, 4.69) is 379 Å². The topological polar surface area (TPSA) is 116 Å². The second-order valence-corrected chi connectivity index (χ2v) is 31.5. The molecule has 0 fully saturated rings. The minimum atomic E-state index is 0.694. The van der Waals surface area contributed by atoms with Crippen molar-refractivity contribution in [3.8, 4) is 135 Å². The van der Waals surface area contributed by atoms with E-state index in [1.165, 1.54) is 97.0 Å². The van der Waals surface area contributed by atoms with Crippen LogP contribution in [0.1, 0.15) is 0 Å². The molecular weight excluding hydrogens is 1530 g/mol. The molecule has 9 heteroatoms. The number of pyridine rings is 3. The second-order valence-electron chi connectivity index (χ2n) is 31.5. The Morgan fingerprint density at radius 2 is 0.437 bits per heavy atom. The lowest BCUT2D eigenvalue weighted by Gasteiger charge is -2.15. The molecule has 0 atom stereocenters. The fourth-order valence-corrected chi connectivity index (χ4v) is 17.9. The van der Waals surface area contributed by atoms with Crippen LogP contribution in [0.3, 0.4) is 0 Å². The molecule has 0 saturated heterocycles. The van der Waals surface area contributed by atoms with Gasteiger partial charge in [-0.05, 0) is 192 Å². The first-order chi connectivity index (χ1) is 62.5. The van der Waals surface area contributed by atoms with Crippen LogP contribution < -0.4 is 0 Å². The number of hydrogen-bond donors (Lipinski definition) is 0. The molecule has 0 N–H and O–H groups in total. The molecule has 0 spiro atoms. The van der Waals surface area contributed by atoms with Crippen molar-refractivity contribution in [1.82, 2.24) is 44.9 Å². The summed E-state index contributed by atoms with van der Waals surface area (Å²) >= 11 is 0. The van der Waals surface area contributed by atoms with E-state index in [1.54, 1.807) is 12.4 Å². The molecule has 0 amide bonds. The van der Waals surface area contributed by atoms with Gasteiger partial charge in [-0.15, -0.1) is 0 Å². The molecule has 6 heterocycles. The van der Waals surface area contributed by atoms with Gasteiger partial charge in [0.15, 0.2) is 17.5 Å². The van der Waals surface area contributed by atoms with Crippen LogP contribution in [0.5, 0.6) is 0 Å². The van der Waals surface area contributed by atoms with E-state index in [-0.39, 0.29) is 0 Å². The van der Waals surface area contributed by atoms with E-state index in [4.69, 9.17) is 29.9 Å². The van der Waals surface area contributed by atoms with Gasteiger partial charge in [-0.25, -0.2) is 29.9 Å². The number of nitrogens with zero attached hydrogens (tertiary/aromatic N) is 9. The zero-order chi connectivity index (χ0) is 83.6. The predicted octanol–water partition coefficient (Wildman–Crippen LogP) is 30.0.